The van der Waals surface area contributed by atoms with Gasteiger partial charge in [-0.25, -0.2) is 0 Å². The zero-order chi connectivity index (χ0) is 13.4. The highest BCUT2D eigenvalue weighted by Crippen LogP contribution is 2.18. The van der Waals surface area contributed by atoms with Gasteiger partial charge in [-0.1, -0.05) is 26.0 Å². The summed E-state index contributed by atoms with van der Waals surface area (Å²) in [7, 11) is 0. The Kier molecular flexibility index (Phi) is 6.44. The van der Waals surface area contributed by atoms with Gasteiger partial charge in [-0.3, -0.25) is 4.79 Å². The third kappa shape index (κ3) is 4.88. The Bertz CT molecular complexity index is 375. The van der Waals surface area contributed by atoms with Crippen LogP contribution in [0, 0.1) is 5.92 Å². The Labute approximate surface area is 110 Å². The first-order valence-corrected chi connectivity index (χ1v) is 6.60. The average molecular weight is 249 g/mol. The third-order valence-corrected chi connectivity index (χ3v) is 2.67. The molecular formula is C15H23NO2. The Balaban J connectivity index is 2.50. The molecule has 0 spiro atoms. The minimum atomic E-state index is 0.0859. The number of carbonyl (C=O) groups excluding carboxylic acids is 1. The van der Waals surface area contributed by atoms with Crippen LogP contribution in [-0.2, 0) is 0 Å². The summed E-state index contributed by atoms with van der Waals surface area (Å²) >= 11 is 0. The number of ether oxygens (including phenoxy) is 1. The Morgan fingerprint density at radius 2 is 2.06 bits per heavy atom. The summed E-state index contributed by atoms with van der Waals surface area (Å²) < 4.78 is 5.45. The van der Waals surface area contributed by atoms with Crippen molar-refractivity contribution in [1.29, 1.82) is 0 Å². The van der Waals surface area contributed by atoms with E-state index >= 15 is 0 Å². The maximum Gasteiger partial charge on any atom is 0.180 e. The molecule has 0 unspecified atom stereocenters. The van der Waals surface area contributed by atoms with E-state index in [0.29, 0.717) is 30.4 Å². The van der Waals surface area contributed by atoms with Gasteiger partial charge in [0.1, 0.15) is 5.75 Å². The summed E-state index contributed by atoms with van der Waals surface area (Å²) in [5, 5.41) is 3.18. The number of Topliss-reactive ketones (excluding diaryl/α,β-unsaturated/α-hetero) is 1. The van der Waals surface area contributed by atoms with E-state index in [1.54, 1.807) is 0 Å². The van der Waals surface area contributed by atoms with Crippen LogP contribution in [0.15, 0.2) is 24.3 Å². The highest BCUT2D eigenvalue weighted by Gasteiger charge is 2.11. The van der Waals surface area contributed by atoms with Gasteiger partial charge >= 0.3 is 0 Å². The van der Waals surface area contributed by atoms with Crippen molar-refractivity contribution in [3.05, 3.63) is 29.8 Å². The van der Waals surface area contributed by atoms with Gasteiger partial charge in [-0.05, 0) is 37.9 Å². The van der Waals surface area contributed by atoms with Gasteiger partial charge in [0.15, 0.2) is 5.78 Å². The summed E-state index contributed by atoms with van der Waals surface area (Å²) in [4.78, 5) is 12.0. The van der Waals surface area contributed by atoms with E-state index in [9.17, 15) is 4.79 Å². The summed E-state index contributed by atoms with van der Waals surface area (Å²) in [5.41, 5.74) is 0.663. The first kappa shape index (κ1) is 14.7. The lowest BCUT2D eigenvalue weighted by atomic mass is 10.1. The summed E-state index contributed by atoms with van der Waals surface area (Å²) in [5.74, 6) is 1.42. The SMILES string of the molecule is CCOc1ccccc1C(=O)CNCCC(C)C. The maximum absolute atomic E-state index is 12.0. The number of carbonyl (C=O) groups is 1. The minimum Gasteiger partial charge on any atom is -0.493 e. The van der Waals surface area contributed by atoms with Crippen LogP contribution >= 0.6 is 0 Å². The number of benzene rings is 1. The molecular weight excluding hydrogens is 226 g/mol. The standard InChI is InChI=1S/C15H23NO2/c1-4-18-15-8-6-5-7-13(15)14(17)11-16-10-9-12(2)3/h5-8,12,16H,4,9-11H2,1-3H3. The molecule has 0 aliphatic carbocycles. The number of hydrogen-bond donors (Lipinski definition) is 1. The van der Waals surface area contributed by atoms with E-state index in [1.807, 2.05) is 31.2 Å². The van der Waals surface area contributed by atoms with Crippen molar-refractivity contribution in [3.8, 4) is 5.75 Å². The van der Waals surface area contributed by atoms with Crippen LogP contribution in [0.3, 0.4) is 0 Å². The molecule has 0 aliphatic rings. The normalized spacial score (nSPS) is 10.7. The number of nitrogens with one attached hydrogen (secondary N) is 1. The summed E-state index contributed by atoms with van der Waals surface area (Å²) in [6.07, 6.45) is 1.08. The van der Waals surface area contributed by atoms with Crippen LogP contribution < -0.4 is 10.1 Å². The molecule has 1 N–H and O–H groups in total. The van der Waals surface area contributed by atoms with E-state index in [0.717, 1.165) is 13.0 Å². The second-order valence-corrected chi connectivity index (χ2v) is 4.71. The van der Waals surface area contributed by atoms with E-state index in [-0.39, 0.29) is 5.78 Å². The Morgan fingerprint density at radius 3 is 2.72 bits per heavy atom. The molecule has 3 nitrogen and oxygen atoms in total. The van der Waals surface area contributed by atoms with E-state index in [2.05, 4.69) is 19.2 Å². The molecule has 0 amide bonds. The monoisotopic (exact) mass is 249 g/mol. The molecule has 0 fully saturated rings. The van der Waals surface area contributed by atoms with Crippen LogP contribution in [0.5, 0.6) is 5.75 Å². The van der Waals surface area contributed by atoms with Crippen molar-refractivity contribution in [1.82, 2.24) is 5.32 Å². The second-order valence-electron chi connectivity index (χ2n) is 4.71. The lowest BCUT2D eigenvalue weighted by Crippen LogP contribution is -2.25. The minimum absolute atomic E-state index is 0.0859. The van der Waals surface area contributed by atoms with Crippen molar-refractivity contribution in [2.45, 2.75) is 27.2 Å². The van der Waals surface area contributed by atoms with E-state index in [1.165, 1.54) is 0 Å². The molecule has 3 heteroatoms. The molecule has 0 heterocycles. The summed E-state index contributed by atoms with van der Waals surface area (Å²) in [6.45, 7) is 8.09. The highest BCUT2D eigenvalue weighted by molar-refractivity contribution is 6.00. The quantitative estimate of drug-likeness (QED) is 0.568. The van der Waals surface area contributed by atoms with E-state index < -0.39 is 0 Å². The van der Waals surface area contributed by atoms with Crippen molar-refractivity contribution in [3.63, 3.8) is 0 Å². The first-order valence-electron chi connectivity index (χ1n) is 6.60. The van der Waals surface area contributed by atoms with E-state index in [4.69, 9.17) is 4.74 Å². The molecule has 1 aromatic carbocycles. The van der Waals surface area contributed by atoms with Gasteiger partial charge in [0.25, 0.3) is 0 Å². The molecule has 0 bridgehead atoms. The zero-order valence-corrected chi connectivity index (χ0v) is 11.5. The van der Waals surface area contributed by atoms with Gasteiger partial charge < -0.3 is 10.1 Å². The molecule has 100 valence electrons. The smallest absolute Gasteiger partial charge is 0.180 e. The molecule has 0 saturated carbocycles. The molecule has 1 rings (SSSR count). The molecule has 0 aromatic heterocycles. The van der Waals surface area contributed by atoms with Crippen molar-refractivity contribution in [2.75, 3.05) is 19.7 Å². The topological polar surface area (TPSA) is 38.3 Å². The molecule has 0 aliphatic heterocycles. The van der Waals surface area contributed by atoms with Crippen LogP contribution in [0.1, 0.15) is 37.6 Å². The summed E-state index contributed by atoms with van der Waals surface area (Å²) in [6, 6.07) is 7.40. The van der Waals surface area contributed by atoms with Crippen LogP contribution in [-0.4, -0.2) is 25.5 Å². The first-order chi connectivity index (χ1) is 8.65. The molecule has 0 atom stereocenters. The predicted octanol–water partition coefficient (Wildman–Crippen LogP) is 2.90. The Morgan fingerprint density at radius 1 is 1.33 bits per heavy atom. The fourth-order valence-electron chi connectivity index (χ4n) is 1.67. The average Bonchev–Trinajstić information content (AvgIpc) is 2.35. The lowest BCUT2D eigenvalue weighted by molar-refractivity contribution is 0.0987. The van der Waals surface area contributed by atoms with Gasteiger partial charge in [-0.2, -0.15) is 0 Å². The van der Waals surface area contributed by atoms with Crippen molar-refractivity contribution in [2.24, 2.45) is 5.92 Å². The van der Waals surface area contributed by atoms with Gasteiger partial charge in [-0.15, -0.1) is 0 Å². The van der Waals surface area contributed by atoms with Crippen LogP contribution in [0.4, 0.5) is 0 Å². The number of para-hydroxylation sites is 1. The molecule has 0 saturated heterocycles. The second kappa shape index (κ2) is 7.88. The van der Waals surface area contributed by atoms with Gasteiger partial charge in [0.05, 0.1) is 18.7 Å². The predicted molar refractivity (Wildman–Crippen MR) is 74.3 cm³/mol. The molecule has 1 aromatic rings. The van der Waals surface area contributed by atoms with Crippen LogP contribution in [0.2, 0.25) is 0 Å². The van der Waals surface area contributed by atoms with Crippen LogP contribution in [0.25, 0.3) is 0 Å². The third-order valence-electron chi connectivity index (χ3n) is 2.67. The lowest BCUT2D eigenvalue weighted by Gasteiger charge is -2.10. The van der Waals surface area contributed by atoms with Gasteiger partial charge in [0.2, 0.25) is 0 Å². The number of rotatable bonds is 8. The van der Waals surface area contributed by atoms with Gasteiger partial charge in [0, 0.05) is 0 Å². The van der Waals surface area contributed by atoms with Crippen molar-refractivity contribution < 1.29 is 9.53 Å². The Hall–Kier alpha value is -1.35. The zero-order valence-electron chi connectivity index (χ0n) is 11.5. The highest BCUT2D eigenvalue weighted by atomic mass is 16.5. The number of hydrogen-bond acceptors (Lipinski definition) is 3. The number of ketones is 1. The van der Waals surface area contributed by atoms with Crippen molar-refractivity contribution >= 4 is 5.78 Å². The molecule has 0 radical (unpaired) electrons. The largest absolute Gasteiger partial charge is 0.493 e. The molecule has 18 heavy (non-hydrogen) atoms. The fraction of sp³-hybridized carbons (Fsp3) is 0.533. The maximum atomic E-state index is 12.0. The fourth-order valence-corrected chi connectivity index (χ4v) is 1.67.